The third-order valence-electron chi connectivity index (χ3n) is 3.31. The lowest BCUT2D eigenvalue weighted by Crippen LogP contribution is -2.21. The molecule has 2 aromatic carbocycles. The van der Waals surface area contributed by atoms with Gasteiger partial charge in [0.1, 0.15) is 16.9 Å². The van der Waals surface area contributed by atoms with Gasteiger partial charge in [0.15, 0.2) is 0 Å². The van der Waals surface area contributed by atoms with Crippen LogP contribution in [0.25, 0.3) is 11.0 Å². The Kier molecular flexibility index (Phi) is 3.11. The van der Waals surface area contributed by atoms with E-state index < -0.39 is 5.60 Å². The number of furan rings is 1. The van der Waals surface area contributed by atoms with Gasteiger partial charge in [0, 0.05) is 8.96 Å². The Hall–Kier alpha value is -1.33. The summed E-state index contributed by atoms with van der Waals surface area (Å²) in [7, 11) is 0. The van der Waals surface area contributed by atoms with Gasteiger partial charge >= 0.3 is 0 Å². The van der Waals surface area contributed by atoms with E-state index in [-0.39, 0.29) is 0 Å². The standard InChI is InChI=1S/C16H13IO2/c1-16(18,12-6-8-13(17)9-7-12)15-10-11-4-2-3-5-14(11)19-15/h2-10,18H,1H3. The molecule has 0 saturated carbocycles. The Morgan fingerprint density at radius 2 is 1.74 bits per heavy atom. The van der Waals surface area contributed by atoms with Crippen molar-refractivity contribution >= 4 is 33.6 Å². The fraction of sp³-hybridized carbons (Fsp3) is 0.125. The molecule has 3 rings (SSSR count). The molecule has 0 aliphatic carbocycles. The first-order valence-electron chi connectivity index (χ1n) is 6.05. The molecule has 0 aliphatic heterocycles. The molecule has 1 atom stereocenters. The van der Waals surface area contributed by atoms with E-state index in [1.807, 2.05) is 54.6 Å². The molecule has 0 amide bonds. The highest BCUT2D eigenvalue weighted by Gasteiger charge is 2.29. The minimum Gasteiger partial charge on any atom is -0.458 e. The average Bonchev–Trinajstić information content (AvgIpc) is 2.83. The van der Waals surface area contributed by atoms with Crippen molar-refractivity contribution in [3.8, 4) is 0 Å². The maximum absolute atomic E-state index is 10.8. The van der Waals surface area contributed by atoms with E-state index in [1.165, 1.54) is 0 Å². The minimum absolute atomic E-state index is 0.565. The van der Waals surface area contributed by atoms with Crippen molar-refractivity contribution in [1.82, 2.24) is 0 Å². The van der Waals surface area contributed by atoms with E-state index in [2.05, 4.69) is 22.6 Å². The van der Waals surface area contributed by atoms with Gasteiger partial charge in [-0.2, -0.15) is 0 Å². The summed E-state index contributed by atoms with van der Waals surface area (Å²) in [5, 5.41) is 11.8. The predicted molar refractivity (Wildman–Crippen MR) is 84.0 cm³/mol. The van der Waals surface area contributed by atoms with Crippen molar-refractivity contribution in [1.29, 1.82) is 0 Å². The average molecular weight is 364 g/mol. The zero-order chi connectivity index (χ0) is 13.5. The number of halogens is 1. The molecule has 19 heavy (non-hydrogen) atoms. The van der Waals surface area contributed by atoms with Crippen LogP contribution in [0.2, 0.25) is 0 Å². The Balaban J connectivity index is 2.10. The van der Waals surface area contributed by atoms with Gasteiger partial charge < -0.3 is 9.52 Å². The van der Waals surface area contributed by atoms with Crippen LogP contribution in [0.5, 0.6) is 0 Å². The maximum Gasteiger partial charge on any atom is 0.144 e. The van der Waals surface area contributed by atoms with Crippen LogP contribution < -0.4 is 0 Å². The summed E-state index contributed by atoms with van der Waals surface area (Å²) in [4.78, 5) is 0. The van der Waals surface area contributed by atoms with Crippen LogP contribution in [0.15, 0.2) is 59.0 Å². The topological polar surface area (TPSA) is 33.4 Å². The second-order valence-electron chi connectivity index (χ2n) is 4.73. The summed E-state index contributed by atoms with van der Waals surface area (Å²) < 4.78 is 6.91. The quantitative estimate of drug-likeness (QED) is 0.689. The van der Waals surface area contributed by atoms with Crippen LogP contribution in [-0.2, 0) is 5.60 Å². The monoisotopic (exact) mass is 364 g/mol. The van der Waals surface area contributed by atoms with Gasteiger partial charge in [-0.25, -0.2) is 0 Å². The lowest BCUT2D eigenvalue weighted by atomic mass is 9.93. The molecular weight excluding hydrogens is 351 g/mol. The van der Waals surface area contributed by atoms with Crippen molar-refractivity contribution in [2.45, 2.75) is 12.5 Å². The molecule has 3 heteroatoms. The summed E-state index contributed by atoms with van der Waals surface area (Å²) in [6.45, 7) is 1.76. The second-order valence-corrected chi connectivity index (χ2v) is 5.97. The lowest BCUT2D eigenvalue weighted by molar-refractivity contribution is 0.0786. The zero-order valence-corrected chi connectivity index (χ0v) is 12.6. The van der Waals surface area contributed by atoms with Crippen molar-refractivity contribution in [3.05, 3.63) is 69.5 Å². The van der Waals surface area contributed by atoms with E-state index in [0.29, 0.717) is 5.76 Å². The summed E-state index contributed by atoms with van der Waals surface area (Å²) in [6.07, 6.45) is 0. The van der Waals surface area contributed by atoms with Crippen molar-refractivity contribution in [2.75, 3.05) is 0 Å². The first-order chi connectivity index (χ1) is 9.07. The normalized spacial score (nSPS) is 14.5. The summed E-state index contributed by atoms with van der Waals surface area (Å²) >= 11 is 2.25. The van der Waals surface area contributed by atoms with Gasteiger partial charge in [0.2, 0.25) is 0 Å². The first kappa shape index (κ1) is 12.7. The zero-order valence-electron chi connectivity index (χ0n) is 10.4. The van der Waals surface area contributed by atoms with Crippen LogP contribution >= 0.6 is 22.6 Å². The van der Waals surface area contributed by atoms with Gasteiger partial charge in [-0.3, -0.25) is 0 Å². The Bertz CT molecular complexity index is 678. The third-order valence-corrected chi connectivity index (χ3v) is 4.03. The number of benzene rings is 2. The van der Waals surface area contributed by atoms with Crippen molar-refractivity contribution in [2.24, 2.45) is 0 Å². The van der Waals surface area contributed by atoms with E-state index in [1.54, 1.807) is 6.92 Å². The molecule has 96 valence electrons. The molecule has 3 aromatic rings. The van der Waals surface area contributed by atoms with Gasteiger partial charge in [-0.1, -0.05) is 30.3 Å². The van der Waals surface area contributed by atoms with Gasteiger partial charge in [-0.15, -0.1) is 0 Å². The molecule has 0 radical (unpaired) electrons. The first-order valence-corrected chi connectivity index (χ1v) is 7.13. The minimum atomic E-state index is -1.12. The van der Waals surface area contributed by atoms with E-state index in [9.17, 15) is 5.11 Å². The van der Waals surface area contributed by atoms with Crippen LogP contribution in [-0.4, -0.2) is 5.11 Å². The highest BCUT2D eigenvalue weighted by atomic mass is 127. The summed E-state index contributed by atoms with van der Waals surface area (Å²) in [5.74, 6) is 0.565. The Morgan fingerprint density at radius 1 is 1.05 bits per heavy atom. The molecule has 2 nitrogen and oxygen atoms in total. The number of hydrogen-bond donors (Lipinski definition) is 1. The van der Waals surface area contributed by atoms with Crippen molar-refractivity contribution in [3.63, 3.8) is 0 Å². The molecule has 1 aromatic heterocycles. The lowest BCUT2D eigenvalue weighted by Gasteiger charge is -2.21. The highest BCUT2D eigenvalue weighted by Crippen LogP contribution is 2.33. The molecule has 0 aliphatic rings. The number of fused-ring (bicyclic) bond motifs is 1. The number of aliphatic hydroxyl groups is 1. The van der Waals surface area contributed by atoms with Gasteiger partial charge in [-0.05, 0) is 59.3 Å². The fourth-order valence-electron chi connectivity index (χ4n) is 2.14. The van der Waals surface area contributed by atoms with Crippen LogP contribution in [0.3, 0.4) is 0 Å². The molecular formula is C16H13IO2. The van der Waals surface area contributed by atoms with Gasteiger partial charge in [0.25, 0.3) is 0 Å². The third kappa shape index (κ3) is 2.28. The van der Waals surface area contributed by atoms with E-state index in [4.69, 9.17) is 4.42 Å². The van der Waals surface area contributed by atoms with Crippen LogP contribution in [0.4, 0.5) is 0 Å². The summed E-state index contributed by atoms with van der Waals surface area (Å²) in [5.41, 5.74) is 0.499. The molecule has 0 fully saturated rings. The Morgan fingerprint density at radius 3 is 2.42 bits per heavy atom. The molecule has 0 spiro atoms. The molecule has 0 saturated heterocycles. The van der Waals surface area contributed by atoms with Crippen molar-refractivity contribution < 1.29 is 9.52 Å². The molecule has 1 heterocycles. The largest absolute Gasteiger partial charge is 0.458 e. The number of rotatable bonds is 2. The Labute approximate surface area is 125 Å². The molecule has 1 N–H and O–H groups in total. The maximum atomic E-state index is 10.8. The van der Waals surface area contributed by atoms with Gasteiger partial charge in [0.05, 0.1) is 0 Å². The number of hydrogen-bond acceptors (Lipinski definition) is 2. The van der Waals surface area contributed by atoms with E-state index in [0.717, 1.165) is 20.1 Å². The SMILES string of the molecule is CC(O)(c1ccc(I)cc1)c1cc2ccccc2o1. The van der Waals surface area contributed by atoms with Crippen LogP contribution in [0, 0.1) is 3.57 Å². The molecule has 1 unspecified atom stereocenters. The number of para-hydroxylation sites is 1. The smallest absolute Gasteiger partial charge is 0.144 e. The van der Waals surface area contributed by atoms with E-state index >= 15 is 0 Å². The fourth-order valence-corrected chi connectivity index (χ4v) is 2.50. The highest BCUT2D eigenvalue weighted by molar-refractivity contribution is 14.1. The second kappa shape index (κ2) is 4.65. The molecule has 0 bridgehead atoms. The van der Waals surface area contributed by atoms with Crippen LogP contribution in [0.1, 0.15) is 18.2 Å². The predicted octanol–water partition coefficient (Wildman–Crippen LogP) is 4.29. The summed E-state index contributed by atoms with van der Waals surface area (Å²) in [6, 6.07) is 17.5.